The van der Waals surface area contributed by atoms with Crippen molar-refractivity contribution in [1.82, 2.24) is 0 Å². The molecule has 1 amide bonds. The Balaban J connectivity index is 1.90. The Morgan fingerprint density at radius 3 is 2.26 bits per heavy atom. The van der Waals surface area contributed by atoms with E-state index in [1.54, 1.807) is 12.1 Å². The predicted molar refractivity (Wildman–Crippen MR) is 108 cm³/mol. The number of rotatable bonds is 7. The summed E-state index contributed by atoms with van der Waals surface area (Å²) in [6, 6.07) is 14.7. The topological polar surface area (TPSA) is 156 Å². The summed E-state index contributed by atoms with van der Waals surface area (Å²) < 4.78 is 5.64. The average molecular weight is 422 g/mol. The van der Waals surface area contributed by atoms with Gasteiger partial charge in [0, 0.05) is 17.7 Å². The number of carbonyl (C=O) groups is 3. The number of ether oxygens (including phenoxy) is 1. The van der Waals surface area contributed by atoms with E-state index in [0.29, 0.717) is 0 Å². The van der Waals surface area contributed by atoms with Gasteiger partial charge in [-0.1, -0.05) is 18.2 Å². The molecule has 0 saturated heterocycles. The number of hydrogen-bond donors (Lipinski definition) is 3. The molecule has 156 valence electrons. The number of nitrogens with zero attached hydrogens (tertiary/aromatic N) is 1. The van der Waals surface area contributed by atoms with Crippen molar-refractivity contribution in [3.63, 3.8) is 0 Å². The van der Waals surface area contributed by atoms with Gasteiger partial charge in [0.2, 0.25) is 0 Å². The molecule has 10 heteroatoms. The van der Waals surface area contributed by atoms with Crippen LogP contribution in [-0.2, 0) is 0 Å². The van der Waals surface area contributed by atoms with Crippen LogP contribution in [0.4, 0.5) is 11.4 Å². The Bertz CT molecular complexity index is 1210. The van der Waals surface area contributed by atoms with Crippen molar-refractivity contribution in [1.29, 1.82) is 0 Å². The van der Waals surface area contributed by atoms with E-state index in [4.69, 9.17) is 9.84 Å². The fourth-order valence-corrected chi connectivity index (χ4v) is 2.65. The maximum atomic E-state index is 12.5. The second-order valence-electron chi connectivity index (χ2n) is 6.18. The van der Waals surface area contributed by atoms with Gasteiger partial charge in [0.05, 0.1) is 16.2 Å². The molecule has 3 rings (SSSR count). The monoisotopic (exact) mass is 422 g/mol. The van der Waals surface area contributed by atoms with Crippen molar-refractivity contribution in [2.75, 3.05) is 5.32 Å². The summed E-state index contributed by atoms with van der Waals surface area (Å²) in [6.45, 7) is 0. The highest BCUT2D eigenvalue weighted by Crippen LogP contribution is 2.32. The van der Waals surface area contributed by atoms with E-state index in [1.807, 2.05) is 0 Å². The smallest absolute Gasteiger partial charge is 0.339 e. The van der Waals surface area contributed by atoms with Crippen LogP contribution in [0.2, 0.25) is 0 Å². The molecule has 0 unspecified atom stereocenters. The number of carboxylic acid groups (broad SMARTS) is 2. The quantitative estimate of drug-likeness (QED) is 0.380. The molecule has 0 aliphatic heterocycles. The van der Waals surface area contributed by atoms with Crippen LogP contribution in [-0.4, -0.2) is 33.0 Å². The van der Waals surface area contributed by atoms with Crippen LogP contribution in [0.3, 0.4) is 0 Å². The number of carboxylic acids is 2. The second-order valence-corrected chi connectivity index (χ2v) is 6.18. The SMILES string of the molecule is O=C(O)c1ccc(Oc2ccccc2NC(=O)c2cccc([N+](=O)[O-])c2)c(C(=O)O)c1. The molecule has 0 aliphatic carbocycles. The molecule has 0 radical (unpaired) electrons. The Kier molecular flexibility index (Phi) is 5.92. The standard InChI is InChI=1S/C21H14N2O8/c24-19(12-4-3-5-14(10-12)23(29)30)22-16-6-1-2-7-18(16)31-17-9-8-13(20(25)26)11-15(17)21(27)28/h1-11H,(H,22,24)(H,25,26)(H,27,28). The van der Waals surface area contributed by atoms with Gasteiger partial charge in [0.25, 0.3) is 11.6 Å². The highest BCUT2D eigenvalue weighted by atomic mass is 16.6. The molecule has 0 fully saturated rings. The van der Waals surface area contributed by atoms with Crippen molar-refractivity contribution < 1.29 is 34.3 Å². The summed E-state index contributed by atoms with van der Waals surface area (Å²) in [7, 11) is 0. The number of anilines is 1. The number of para-hydroxylation sites is 2. The van der Waals surface area contributed by atoms with E-state index >= 15 is 0 Å². The molecule has 3 aromatic rings. The van der Waals surface area contributed by atoms with Gasteiger partial charge in [0.1, 0.15) is 11.3 Å². The van der Waals surface area contributed by atoms with Crippen LogP contribution >= 0.6 is 0 Å². The third-order valence-electron chi connectivity index (χ3n) is 4.13. The van der Waals surface area contributed by atoms with E-state index in [1.165, 1.54) is 42.5 Å². The van der Waals surface area contributed by atoms with Gasteiger partial charge in [-0.05, 0) is 36.4 Å². The highest BCUT2D eigenvalue weighted by Gasteiger charge is 2.18. The molecule has 0 saturated carbocycles. The minimum Gasteiger partial charge on any atom is -0.478 e. The average Bonchev–Trinajstić information content (AvgIpc) is 2.75. The van der Waals surface area contributed by atoms with Gasteiger partial charge in [0.15, 0.2) is 5.75 Å². The third kappa shape index (κ3) is 4.82. The van der Waals surface area contributed by atoms with Crippen molar-refractivity contribution in [2.45, 2.75) is 0 Å². The highest BCUT2D eigenvalue weighted by molar-refractivity contribution is 6.05. The van der Waals surface area contributed by atoms with E-state index in [0.717, 1.165) is 12.1 Å². The lowest BCUT2D eigenvalue weighted by Crippen LogP contribution is -2.13. The van der Waals surface area contributed by atoms with Crippen LogP contribution in [0.1, 0.15) is 31.1 Å². The molecular weight excluding hydrogens is 408 g/mol. The maximum Gasteiger partial charge on any atom is 0.339 e. The van der Waals surface area contributed by atoms with Gasteiger partial charge in [-0.25, -0.2) is 9.59 Å². The molecule has 0 aromatic heterocycles. The fourth-order valence-electron chi connectivity index (χ4n) is 2.65. The lowest BCUT2D eigenvalue weighted by atomic mass is 10.1. The molecule has 0 bridgehead atoms. The molecule has 0 spiro atoms. The minimum absolute atomic E-state index is 0.0426. The number of aromatic carboxylic acids is 2. The number of carbonyl (C=O) groups excluding carboxylic acids is 1. The number of nitro benzene ring substituents is 1. The summed E-state index contributed by atoms with van der Waals surface area (Å²) >= 11 is 0. The van der Waals surface area contributed by atoms with Crippen LogP contribution in [0.25, 0.3) is 0 Å². The van der Waals surface area contributed by atoms with Crippen LogP contribution in [0, 0.1) is 10.1 Å². The molecule has 3 aromatic carbocycles. The predicted octanol–water partition coefficient (Wildman–Crippen LogP) is 4.04. The van der Waals surface area contributed by atoms with E-state index in [2.05, 4.69) is 5.32 Å². The first-order valence-electron chi connectivity index (χ1n) is 8.69. The third-order valence-corrected chi connectivity index (χ3v) is 4.13. The first-order chi connectivity index (χ1) is 14.8. The normalized spacial score (nSPS) is 10.2. The van der Waals surface area contributed by atoms with Crippen molar-refractivity contribution in [3.05, 3.63) is 93.5 Å². The lowest BCUT2D eigenvalue weighted by Gasteiger charge is -2.14. The van der Waals surface area contributed by atoms with Crippen molar-refractivity contribution >= 4 is 29.2 Å². The molecule has 0 aliphatic rings. The summed E-state index contributed by atoms with van der Waals surface area (Å²) in [4.78, 5) is 45.5. The summed E-state index contributed by atoms with van der Waals surface area (Å²) in [5.74, 6) is -3.37. The number of amides is 1. The van der Waals surface area contributed by atoms with Crippen LogP contribution in [0.5, 0.6) is 11.5 Å². The molecule has 0 heterocycles. The fraction of sp³-hybridized carbons (Fsp3) is 0. The Morgan fingerprint density at radius 1 is 0.839 bits per heavy atom. The molecule has 10 nitrogen and oxygen atoms in total. The Labute approximate surface area is 174 Å². The zero-order chi connectivity index (χ0) is 22.5. The van der Waals surface area contributed by atoms with Crippen molar-refractivity contribution in [3.8, 4) is 11.5 Å². The van der Waals surface area contributed by atoms with Gasteiger partial charge < -0.3 is 20.3 Å². The number of benzene rings is 3. The van der Waals surface area contributed by atoms with Crippen LogP contribution < -0.4 is 10.1 Å². The number of hydrogen-bond acceptors (Lipinski definition) is 6. The molecule has 31 heavy (non-hydrogen) atoms. The minimum atomic E-state index is -1.39. The molecule has 3 N–H and O–H groups in total. The van der Waals surface area contributed by atoms with E-state index < -0.39 is 22.8 Å². The van der Waals surface area contributed by atoms with E-state index in [9.17, 15) is 29.6 Å². The number of nitrogens with one attached hydrogen (secondary N) is 1. The largest absolute Gasteiger partial charge is 0.478 e. The van der Waals surface area contributed by atoms with Crippen molar-refractivity contribution in [2.24, 2.45) is 0 Å². The maximum absolute atomic E-state index is 12.5. The zero-order valence-corrected chi connectivity index (χ0v) is 15.6. The van der Waals surface area contributed by atoms with Gasteiger partial charge in [-0.15, -0.1) is 0 Å². The summed E-state index contributed by atoms with van der Waals surface area (Å²) in [5.41, 5.74) is -0.628. The Hall–Kier alpha value is -4.73. The first-order valence-corrected chi connectivity index (χ1v) is 8.69. The van der Waals surface area contributed by atoms with E-state index in [-0.39, 0.29) is 39.6 Å². The zero-order valence-electron chi connectivity index (χ0n) is 15.6. The van der Waals surface area contributed by atoms with Gasteiger partial charge in [-0.2, -0.15) is 0 Å². The summed E-state index contributed by atoms with van der Waals surface area (Å²) in [6.07, 6.45) is 0. The number of nitro groups is 1. The Morgan fingerprint density at radius 2 is 1.58 bits per heavy atom. The lowest BCUT2D eigenvalue weighted by molar-refractivity contribution is -0.384. The number of non-ortho nitro benzene ring substituents is 1. The molecular formula is C21H14N2O8. The van der Waals surface area contributed by atoms with Gasteiger partial charge >= 0.3 is 11.9 Å². The van der Waals surface area contributed by atoms with Gasteiger partial charge in [-0.3, -0.25) is 14.9 Å². The molecule has 0 atom stereocenters. The van der Waals surface area contributed by atoms with Crippen LogP contribution in [0.15, 0.2) is 66.7 Å². The first kappa shape index (κ1) is 21.0. The summed E-state index contributed by atoms with van der Waals surface area (Å²) in [5, 5.41) is 31.9. The second kappa shape index (κ2) is 8.74.